The number of hydrazone groups is 1. The van der Waals surface area contributed by atoms with Crippen molar-refractivity contribution in [3.05, 3.63) is 35.6 Å². The van der Waals surface area contributed by atoms with Crippen molar-refractivity contribution in [1.82, 2.24) is 5.01 Å². The van der Waals surface area contributed by atoms with E-state index < -0.39 is 11.9 Å². The highest BCUT2D eigenvalue weighted by Crippen LogP contribution is 2.09. The van der Waals surface area contributed by atoms with E-state index in [-0.39, 0.29) is 5.82 Å². The molecular weight excluding hydrogens is 279 g/mol. The fourth-order valence-electron chi connectivity index (χ4n) is 1.73. The number of aliphatic carboxylic acids is 2. The van der Waals surface area contributed by atoms with Crippen LogP contribution in [0.15, 0.2) is 29.4 Å². The van der Waals surface area contributed by atoms with Gasteiger partial charge in [0.05, 0.1) is 6.21 Å². The summed E-state index contributed by atoms with van der Waals surface area (Å²) in [4.78, 5) is 18.2. The molecule has 2 N–H and O–H groups in total. The zero-order valence-corrected chi connectivity index (χ0v) is 11.4. The SMILES string of the molecule is Fc1cccc(/C=N/N2CCCCC2)c1.O=C(O)C(=O)O. The maximum absolute atomic E-state index is 12.9. The quantitative estimate of drug-likeness (QED) is 0.641. The molecule has 0 bridgehead atoms. The lowest BCUT2D eigenvalue weighted by molar-refractivity contribution is -0.159. The Morgan fingerprint density at radius 3 is 2.29 bits per heavy atom. The molecular formula is C14H17FN2O4. The van der Waals surface area contributed by atoms with Gasteiger partial charge in [-0.2, -0.15) is 5.10 Å². The van der Waals surface area contributed by atoms with Crippen LogP contribution < -0.4 is 0 Å². The standard InChI is InChI=1S/C12H15FN2.C2H2O4/c13-12-6-4-5-11(9-12)10-14-15-7-2-1-3-8-15;3-1(4)2(5)6/h4-6,9-10H,1-3,7-8H2;(H,3,4)(H,5,6)/b14-10+;. The molecule has 0 radical (unpaired) electrons. The Morgan fingerprint density at radius 2 is 1.76 bits per heavy atom. The molecule has 1 fully saturated rings. The Hall–Kier alpha value is -2.44. The van der Waals surface area contributed by atoms with Crippen molar-refractivity contribution >= 4 is 18.2 Å². The molecule has 1 aromatic carbocycles. The summed E-state index contributed by atoms with van der Waals surface area (Å²) in [7, 11) is 0. The molecule has 6 nitrogen and oxygen atoms in total. The van der Waals surface area contributed by atoms with E-state index in [1.165, 1.54) is 31.4 Å². The maximum Gasteiger partial charge on any atom is 0.414 e. The number of benzene rings is 1. The van der Waals surface area contributed by atoms with Gasteiger partial charge in [0.25, 0.3) is 0 Å². The molecule has 0 aromatic heterocycles. The van der Waals surface area contributed by atoms with Crippen molar-refractivity contribution in [3.8, 4) is 0 Å². The Kier molecular flexibility index (Phi) is 6.86. The summed E-state index contributed by atoms with van der Waals surface area (Å²) in [6, 6.07) is 6.50. The van der Waals surface area contributed by atoms with Gasteiger partial charge in [-0.05, 0) is 37.0 Å². The summed E-state index contributed by atoms with van der Waals surface area (Å²) in [5, 5.41) is 21.2. The molecule has 0 atom stereocenters. The summed E-state index contributed by atoms with van der Waals surface area (Å²) in [5.74, 6) is -3.86. The van der Waals surface area contributed by atoms with E-state index in [2.05, 4.69) is 10.1 Å². The summed E-state index contributed by atoms with van der Waals surface area (Å²) >= 11 is 0. The summed E-state index contributed by atoms with van der Waals surface area (Å²) in [5.41, 5.74) is 0.820. The van der Waals surface area contributed by atoms with Gasteiger partial charge in [-0.15, -0.1) is 0 Å². The number of halogens is 1. The van der Waals surface area contributed by atoms with Gasteiger partial charge in [-0.3, -0.25) is 5.01 Å². The van der Waals surface area contributed by atoms with Crippen LogP contribution in [0.25, 0.3) is 0 Å². The van der Waals surface area contributed by atoms with E-state index in [4.69, 9.17) is 19.8 Å². The van der Waals surface area contributed by atoms with Gasteiger partial charge in [0.1, 0.15) is 5.82 Å². The van der Waals surface area contributed by atoms with E-state index >= 15 is 0 Å². The number of carboxylic acids is 2. The number of carbonyl (C=O) groups is 2. The minimum absolute atomic E-state index is 0.211. The zero-order chi connectivity index (χ0) is 15.7. The van der Waals surface area contributed by atoms with Crippen molar-refractivity contribution in [2.75, 3.05) is 13.1 Å². The molecule has 1 heterocycles. The van der Waals surface area contributed by atoms with Gasteiger partial charge in [0.15, 0.2) is 0 Å². The number of hydrogen-bond acceptors (Lipinski definition) is 4. The maximum atomic E-state index is 12.9. The van der Waals surface area contributed by atoms with Gasteiger partial charge in [0.2, 0.25) is 0 Å². The third kappa shape index (κ3) is 7.05. The van der Waals surface area contributed by atoms with Crippen LogP contribution in [-0.2, 0) is 9.59 Å². The van der Waals surface area contributed by atoms with Crippen LogP contribution in [0, 0.1) is 5.82 Å². The number of nitrogens with zero attached hydrogens (tertiary/aromatic N) is 2. The first-order valence-corrected chi connectivity index (χ1v) is 6.50. The van der Waals surface area contributed by atoms with Crippen LogP contribution in [0.3, 0.4) is 0 Å². The van der Waals surface area contributed by atoms with Crippen molar-refractivity contribution < 1.29 is 24.2 Å². The topological polar surface area (TPSA) is 90.2 Å². The van der Waals surface area contributed by atoms with Crippen LogP contribution >= 0.6 is 0 Å². The number of hydrogen-bond donors (Lipinski definition) is 2. The molecule has 7 heteroatoms. The van der Waals surface area contributed by atoms with E-state index in [1.54, 1.807) is 12.3 Å². The van der Waals surface area contributed by atoms with Gasteiger partial charge < -0.3 is 10.2 Å². The zero-order valence-electron chi connectivity index (χ0n) is 11.4. The minimum Gasteiger partial charge on any atom is -0.473 e. The van der Waals surface area contributed by atoms with Crippen molar-refractivity contribution in [2.24, 2.45) is 5.10 Å². The lowest BCUT2D eigenvalue weighted by Gasteiger charge is -2.23. The van der Waals surface area contributed by atoms with Gasteiger partial charge in [-0.1, -0.05) is 12.1 Å². The average molecular weight is 296 g/mol. The predicted octanol–water partition coefficient (Wildman–Crippen LogP) is 1.80. The van der Waals surface area contributed by atoms with E-state index in [9.17, 15) is 4.39 Å². The third-order valence-electron chi connectivity index (χ3n) is 2.73. The van der Waals surface area contributed by atoms with Crippen LogP contribution in [0.2, 0.25) is 0 Å². The van der Waals surface area contributed by atoms with Crippen molar-refractivity contribution in [3.63, 3.8) is 0 Å². The molecule has 1 aliphatic rings. The molecule has 0 unspecified atom stereocenters. The highest BCUT2D eigenvalue weighted by Gasteiger charge is 2.06. The van der Waals surface area contributed by atoms with Gasteiger partial charge in [0, 0.05) is 13.1 Å². The average Bonchev–Trinajstić information content (AvgIpc) is 2.47. The molecule has 21 heavy (non-hydrogen) atoms. The first kappa shape index (κ1) is 16.6. The highest BCUT2D eigenvalue weighted by molar-refractivity contribution is 6.27. The Morgan fingerprint density at radius 1 is 1.14 bits per heavy atom. The Bertz CT molecular complexity index is 501. The smallest absolute Gasteiger partial charge is 0.414 e. The fourth-order valence-corrected chi connectivity index (χ4v) is 1.73. The fraction of sp³-hybridized carbons (Fsp3) is 0.357. The summed E-state index contributed by atoms with van der Waals surface area (Å²) < 4.78 is 12.9. The van der Waals surface area contributed by atoms with Crippen molar-refractivity contribution in [2.45, 2.75) is 19.3 Å². The number of rotatable bonds is 2. The normalized spacial score (nSPS) is 14.4. The molecule has 114 valence electrons. The summed E-state index contributed by atoms with van der Waals surface area (Å²) in [6.45, 7) is 2.04. The second-order valence-corrected chi connectivity index (χ2v) is 4.42. The Balaban J connectivity index is 0.000000315. The second kappa shape index (κ2) is 8.68. The third-order valence-corrected chi connectivity index (χ3v) is 2.73. The van der Waals surface area contributed by atoms with Crippen LogP contribution in [0.4, 0.5) is 4.39 Å². The molecule has 1 aliphatic heterocycles. The largest absolute Gasteiger partial charge is 0.473 e. The van der Waals surface area contributed by atoms with E-state index in [1.807, 2.05) is 6.07 Å². The molecule has 1 aromatic rings. The molecule has 0 amide bonds. The molecule has 0 aliphatic carbocycles. The van der Waals surface area contributed by atoms with Crippen molar-refractivity contribution in [1.29, 1.82) is 0 Å². The molecule has 0 spiro atoms. The van der Waals surface area contributed by atoms with Crippen LogP contribution in [0.5, 0.6) is 0 Å². The van der Waals surface area contributed by atoms with E-state index in [0.29, 0.717) is 0 Å². The highest BCUT2D eigenvalue weighted by atomic mass is 19.1. The first-order chi connectivity index (χ1) is 9.99. The number of carboxylic acid groups (broad SMARTS) is 2. The number of piperidine rings is 1. The minimum atomic E-state index is -1.82. The van der Waals surface area contributed by atoms with Gasteiger partial charge in [-0.25, -0.2) is 14.0 Å². The second-order valence-electron chi connectivity index (χ2n) is 4.42. The predicted molar refractivity (Wildman–Crippen MR) is 74.7 cm³/mol. The molecule has 2 rings (SSSR count). The summed E-state index contributed by atoms with van der Waals surface area (Å²) in [6.07, 6.45) is 5.45. The van der Waals surface area contributed by atoms with Crippen LogP contribution in [-0.4, -0.2) is 46.5 Å². The molecule has 1 saturated heterocycles. The lowest BCUT2D eigenvalue weighted by Crippen LogP contribution is -2.24. The van der Waals surface area contributed by atoms with Crippen LogP contribution in [0.1, 0.15) is 24.8 Å². The molecule has 0 saturated carbocycles. The Labute approximate surface area is 121 Å². The van der Waals surface area contributed by atoms with Gasteiger partial charge >= 0.3 is 11.9 Å². The lowest BCUT2D eigenvalue weighted by atomic mass is 10.2. The first-order valence-electron chi connectivity index (χ1n) is 6.50. The van der Waals surface area contributed by atoms with E-state index in [0.717, 1.165) is 18.7 Å². The monoisotopic (exact) mass is 296 g/mol.